The minimum atomic E-state index is -4.55. The fourth-order valence-corrected chi connectivity index (χ4v) is 5.36. The zero-order valence-electron chi connectivity index (χ0n) is 23.2. The first-order valence-electron chi connectivity index (χ1n) is 13.8. The zero-order valence-corrected chi connectivity index (χ0v) is 23.2. The Kier molecular flexibility index (Phi) is 9.76. The molecule has 42 heavy (non-hydrogen) atoms. The smallest absolute Gasteiger partial charge is 0.313 e. The summed E-state index contributed by atoms with van der Waals surface area (Å²) in [5.41, 5.74) is 1.54. The molecular formula is C30H34F3N7O2. The molecule has 0 aliphatic heterocycles. The molecule has 0 heterocycles. The molecule has 1 fully saturated rings. The fraction of sp³-hybridized carbons (Fsp3) is 0.367. The molecule has 3 amide bonds. The van der Waals surface area contributed by atoms with Gasteiger partial charge in [0.1, 0.15) is 0 Å². The van der Waals surface area contributed by atoms with Crippen molar-refractivity contribution in [2.24, 2.45) is 22.1 Å². The SMILES string of the molecule is Cc1ccc(NC(=O)N(Cc2ccc(C(=O)NC(=N)N=NN)cc2)C2C=CC(C3CCCCC3)=CC2)cc1C(F)(F)F. The summed E-state index contributed by atoms with van der Waals surface area (Å²) >= 11 is 0. The number of anilines is 1. The predicted octanol–water partition coefficient (Wildman–Crippen LogP) is 6.87. The van der Waals surface area contributed by atoms with Crippen LogP contribution in [0.25, 0.3) is 0 Å². The number of carbonyl (C=O) groups is 2. The third-order valence-corrected chi connectivity index (χ3v) is 7.60. The molecule has 2 aromatic rings. The Bertz CT molecular complexity index is 1390. The van der Waals surface area contributed by atoms with Crippen molar-refractivity contribution in [3.8, 4) is 0 Å². The van der Waals surface area contributed by atoms with Crippen molar-refractivity contribution in [2.45, 2.75) is 64.2 Å². The second-order valence-electron chi connectivity index (χ2n) is 10.5. The van der Waals surface area contributed by atoms with Gasteiger partial charge in [0.25, 0.3) is 5.91 Å². The van der Waals surface area contributed by atoms with Crippen LogP contribution in [0.15, 0.2) is 76.6 Å². The molecule has 4 rings (SSSR count). The number of nitrogens with zero attached hydrogens (tertiary/aromatic N) is 3. The number of nitrogens with one attached hydrogen (secondary N) is 3. The number of carbonyl (C=O) groups excluding carboxylic acids is 2. The lowest BCUT2D eigenvalue weighted by atomic mass is 9.81. The Morgan fingerprint density at radius 1 is 1.10 bits per heavy atom. The monoisotopic (exact) mass is 581 g/mol. The molecule has 0 saturated heterocycles. The van der Waals surface area contributed by atoms with Crippen molar-refractivity contribution in [3.63, 3.8) is 0 Å². The number of hydrogen-bond donors (Lipinski definition) is 4. The minimum absolute atomic E-state index is 0.0465. The fourth-order valence-electron chi connectivity index (χ4n) is 5.36. The van der Waals surface area contributed by atoms with Crippen LogP contribution >= 0.6 is 0 Å². The number of rotatable bonds is 6. The Balaban J connectivity index is 1.54. The molecule has 0 bridgehead atoms. The molecule has 1 unspecified atom stereocenters. The van der Waals surface area contributed by atoms with Gasteiger partial charge < -0.3 is 16.1 Å². The first-order valence-corrected chi connectivity index (χ1v) is 13.8. The number of benzene rings is 2. The molecule has 1 atom stereocenters. The molecule has 5 N–H and O–H groups in total. The van der Waals surface area contributed by atoms with Gasteiger partial charge in [0.15, 0.2) is 0 Å². The lowest BCUT2D eigenvalue weighted by Crippen LogP contribution is -2.42. The van der Waals surface area contributed by atoms with E-state index in [1.807, 2.05) is 6.08 Å². The minimum Gasteiger partial charge on any atom is -0.313 e. The largest absolute Gasteiger partial charge is 0.416 e. The zero-order chi connectivity index (χ0) is 30.3. The quantitative estimate of drug-likeness (QED) is 0.0974. The van der Waals surface area contributed by atoms with Gasteiger partial charge in [-0.15, -0.1) is 0 Å². The number of guanidine groups is 1. The highest BCUT2D eigenvalue weighted by atomic mass is 19.4. The van der Waals surface area contributed by atoms with Crippen molar-refractivity contribution in [2.75, 3.05) is 5.32 Å². The van der Waals surface area contributed by atoms with E-state index in [2.05, 4.69) is 33.1 Å². The van der Waals surface area contributed by atoms with E-state index in [0.717, 1.165) is 18.9 Å². The van der Waals surface area contributed by atoms with Gasteiger partial charge in [-0.25, -0.2) is 4.79 Å². The maximum Gasteiger partial charge on any atom is 0.416 e. The highest BCUT2D eigenvalue weighted by molar-refractivity contribution is 6.04. The number of hydrogen-bond acceptors (Lipinski definition) is 4. The van der Waals surface area contributed by atoms with Gasteiger partial charge in [0.05, 0.1) is 11.6 Å². The first-order chi connectivity index (χ1) is 20.0. The third-order valence-electron chi connectivity index (χ3n) is 7.60. The van der Waals surface area contributed by atoms with Gasteiger partial charge in [0.2, 0.25) is 5.96 Å². The number of nitrogens with two attached hydrogens (primary N) is 1. The van der Waals surface area contributed by atoms with Crippen molar-refractivity contribution >= 4 is 23.6 Å². The van der Waals surface area contributed by atoms with Crippen LogP contribution in [0.4, 0.5) is 23.7 Å². The summed E-state index contributed by atoms with van der Waals surface area (Å²) in [6, 6.07) is 9.29. The summed E-state index contributed by atoms with van der Waals surface area (Å²) in [7, 11) is 0. The van der Waals surface area contributed by atoms with E-state index in [1.54, 1.807) is 29.2 Å². The van der Waals surface area contributed by atoms with Crippen molar-refractivity contribution in [3.05, 3.63) is 88.5 Å². The lowest BCUT2D eigenvalue weighted by Gasteiger charge is -2.33. The summed E-state index contributed by atoms with van der Waals surface area (Å²) in [6.07, 6.45) is 8.21. The van der Waals surface area contributed by atoms with Crippen LogP contribution in [0.2, 0.25) is 0 Å². The second-order valence-corrected chi connectivity index (χ2v) is 10.5. The van der Waals surface area contributed by atoms with Crippen LogP contribution in [0.5, 0.6) is 0 Å². The summed E-state index contributed by atoms with van der Waals surface area (Å²) < 4.78 is 40.5. The number of aryl methyl sites for hydroxylation is 1. The van der Waals surface area contributed by atoms with Gasteiger partial charge in [-0.2, -0.15) is 13.2 Å². The van der Waals surface area contributed by atoms with Gasteiger partial charge in [0, 0.05) is 17.8 Å². The van der Waals surface area contributed by atoms with E-state index in [1.165, 1.54) is 43.9 Å². The van der Waals surface area contributed by atoms with Crippen LogP contribution in [-0.4, -0.2) is 28.8 Å². The number of allylic oxidation sites excluding steroid dienone is 2. The third kappa shape index (κ3) is 7.83. The van der Waals surface area contributed by atoms with E-state index in [9.17, 15) is 22.8 Å². The van der Waals surface area contributed by atoms with Gasteiger partial charge >= 0.3 is 12.2 Å². The van der Waals surface area contributed by atoms with Gasteiger partial charge in [-0.05, 0) is 73.1 Å². The topological polar surface area (TPSA) is 136 Å². The number of alkyl halides is 3. The maximum absolute atomic E-state index is 13.6. The maximum atomic E-state index is 13.6. The predicted molar refractivity (Wildman–Crippen MR) is 154 cm³/mol. The normalized spacial score (nSPS) is 17.5. The molecule has 222 valence electrons. The summed E-state index contributed by atoms with van der Waals surface area (Å²) in [5, 5.41) is 18.6. The van der Waals surface area contributed by atoms with Crippen LogP contribution in [0, 0.1) is 18.3 Å². The standard InChI is InChI=1S/C30H34F3N7O2/c1-19-7-14-24(17-26(19)30(31,32)33)36-29(42)40(25-15-12-22(13-16-25)21-5-3-2-4-6-21)18-20-8-10-23(11-9-20)27(41)37-28(34)38-39-35/h7-15,17,21,25H,2-6,16,18H2,1H3,(H,36,42)(H4,34,35,37,38,41). The Morgan fingerprint density at radius 2 is 1.81 bits per heavy atom. The molecule has 0 aromatic heterocycles. The number of amides is 3. The van der Waals surface area contributed by atoms with E-state index in [4.69, 9.17) is 11.3 Å². The molecule has 2 aliphatic rings. The summed E-state index contributed by atoms with van der Waals surface area (Å²) in [4.78, 5) is 27.5. The number of urea groups is 1. The summed E-state index contributed by atoms with van der Waals surface area (Å²) in [5.74, 6) is 4.32. The van der Waals surface area contributed by atoms with Crippen molar-refractivity contribution in [1.29, 1.82) is 5.41 Å². The highest BCUT2D eigenvalue weighted by Gasteiger charge is 2.33. The van der Waals surface area contributed by atoms with Crippen LogP contribution in [-0.2, 0) is 12.7 Å². The Hall–Kier alpha value is -4.48. The molecule has 2 aliphatic carbocycles. The van der Waals surface area contributed by atoms with Gasteiger partial charge in [-0.3, -0.25) is 15.5 Å². The molecule has 0 radical (unpaired) electrons. The van der Waals surface area contributed by atoms with Crippen LogP contribution < -0.4 is 16.5 Å². The molecular weight excluding hydrogens is 547 g/mol. The molecule has 2 aromatic carbocycles. The summed E-state index contributed by atoms with van der Waals surface area (Å²) in [6.45, 7) is 1.52. The number of halogens is 3. The Labute approximate surface area is 242 Å². The average Bonchev–Trinajstić information content (AvgIpc) is 2.97. The van der Waals surface area contributed by atoms with Crippen LogP contribution in [0.1, 0.15) is 65.6 Å². The first kappa shape index (κ1) is 30.5. The van der Waals surface area contributed by atoms with Gasteiger partial charge in [-0.1, -0.05) is 66.0 Å². The molecule has 1 saturated carbocycles. The van der Waals surface area contributed by atoms with E-state index >= 15 is 0 Å². The van der Waals surface area contributed by atoms with Crippen molar-refractivity contribution in [1.82, 2.24) is 10.2 Å². The van der Waals surface area contributed by atoms with E-state index in [0.29, 0.717) is 17.9 Å². The van der Waals surface area contributed by atoms with Crippen molar-refractivity contribution < 1.29 is 22.8 Å². The molecule has 9 nitrogen and oxygen atoms in total. The Morgan fingerprint density at radius 3 is 2.43 bits per heavy atom. The van der Waals surface area contributed by atoms with E-state index in [-0.39, 0.29) is 29.4 Å². The molecule has 12 heteroatoms. The molecule has 0 spiro atoms. The van der Waals surface area contributed by atoms with Crippen LogP contribution in [0.3, 0.4) is 0 Å². The lowest BCUT2D eigenvalue weighted by molar-refractivity contribution is -0.138. The average molecular weight is 582 g/mol. The van der Waals surface area contributed by atoms with E-state index < -0.39 is 29.6 Å². The highest BCUT2D eigenvalue weighted by Crippen LogP contribution is 2.35. The second kappa shape index (κ2) is 13.5.